The molecule has 1 aliphatic heterocycles. The first-order valence-corrected chi connectivity index (χ1v) is 9.58. The van der Waals surface area contributed by atoms with Crippen molar-refractivity contribution in [2.75, 3.05) is 18.5 Å². The van der Waals surface area contributed by atoms with Gasteiger partial charge in [-0.25, -0.2) is 4.39 Å². The van der Waals surface area contributed by atoms with E-state index in [-0.39, 0.29) is 27.5 Å². The molecule has 13 heteroatoms. The molecule has 0 radical (unpaired) electrons. The van der Waals surface area contributed by atoms with Crippen molar-refractivity contribution < 1.29 is 36.7 Å². The molecule has 33 heavy (non-hydrogen) atoms. The van der Waals surface area contributed by atoms with E-state index in [1.807, 2.05) is 0 Å². The number of rotatable bonds is 5. The Morgan fingerprint density at radius 1 is 1.27 bits per heavy atom. The molecule has 2 aromatic rings. The van der Waals surface area contributed by atoms with E-state index >= 15 is 0 Å². The van der Waals surface area contributed by atoms with E-state index in [1.165, 1.54) is 20.0 Å². The van der Waals surface area contributed by atoms with Crippen molar-refractivity contribution in [3.63, 3.8) is 0 Å². The number of halogens is 5. The number of carbonyl (C=O) groups is 3. The largest absolute Gasteiger partial charge is 0.416 e. The van der Waals surface area contributed by atoms with Gasteiger partial charge in [0.25, 0.3) is 17.6 Å². The average Bonchev–Trinajstić information content (AvgIpc) is 2.92. The molecule has 0 saturated carbocycles. The summed E-state index contributed by atoms with van der Waals surface area (Å²) >= 11 is 6.16. The summed E-state index contributed by atoms with van der Waals surface area (Å²) < 4.78 is 58.9. The zero-order valence-corrected chi connectivity index (χ0v) is 17.8. The predicted octanol–water partition coefficient (Wildman–Crippen LogP) is 2.88. The number of Topliss-reactive ketones (excluding diaryl/α,β-unsaturated/α-hetero) is 1. The average molecular weight is 487 g/mol. The van der Waals surface area contributed by atoms with Gasteiger partial charge in [0.05, 0.1) is 30.0 Å². The number of hydrogen-bond acceptors (Lipinski definition) is 5. The third kappa shape index (κ3) is 4.17. The number of ether oxygens (including phenoxy) is 1. The van der Waals surface area contributed by atoms with E-state index in [0.717, 1.165) is 16.7 Å². The van der Waals surface area contributed by atoms with Crippen LogP contribution in [0, 0.1) is 24.1 Å². The predicted molar refractivity (Wildman–Crippen MR) is 106 cm³/mol. The number of aromatic nitrogens is 1. The Balaban J connectivity index is 1.89. The number of anilines is 1. The summed E-state index contributed by atoms with van der Waals surface area (Å²) in [5, 5.41) is 12.7. The molecule has 1 aromatic heterocycles. The highest BCUT2D eigenvalue weighted by Gasteiger charge is 2.61. The Bertz CT molecular complexity index is 1210. The summed E-state index contributed by atoms with van der Waals surface area (Å²) in [5.41, 5.74) is -3.62. The van der Waals surface area contributed by atoms with Crippen LogP contribution in [0.3, 0.4) is 0 Å². The number of nitrogens with one attached hydrogen (secondary N) is 2. The van der Waals surface area contributed by atoms with Crippen LogP contribution in [0.5, 0.6) is 0 Å². The second-order valence-electron chi connectivity index (χ2n) is 7.31. The monoisotopic (exact) mass is 486 g/mol. The fourth-order valence-corrected chi connectivity index (χ4v) is 3.57. The van der Waals surface area contributed by atoms with Gasteiger partial charge in [0.2, 0.25) is 0 Å². The van der Waals surface area contributed by atoms with Gasteiger partial charge in [-0.3, -0.25) is 14.4 Å². The van der Waals surface area contributed by atoms with Crippen molar-refractivity contribution in [3.05, 3.63) is 51.6 Å². The standard InChI is InChI=1S/C20H15ClF4N4O4/c1-9-13(17(31)27-11-3-4-12(22)10(5-11)6-26)16(21)29(2)14(9)15(30)18(32)28-19(7-33-8-19)20(23,24)25/h3-5H,7-8H2,1-2H3,(H,27,31)(H,28,32). The minimum Gasteiger partial charge on any atom is -0.376 e. The lowest BCUT2D eigenvalue weighted by Gasteiger charge is -2.42. The molecule has 1 aromatic carbocycles. The van der Waals surface area contributed by atoms with Crippen molar-refractivity contribution in [2.45, 2.75) is 18.6 Å². The van der Waals surface area contributed by atoms with Gasteiger partial charge < -0.3 is 19.9 Å². The zero-order valence-electron chi connectivity index (χ0n) is 17.1. The summed E-state index contributed by atoms with van der Waals surface area (Å²) in [5.74, 6) is -4.51. The molecule has 1 aliphatic rings. The fraction of sp³-hybridized carbons (Fsp3) is 0.300. The van der Waals surface area contributed by atoms with Crippen molar-refractivity contribution in [1.29, 1.82) is 5.26 Å². The van der Waals surface area contributed by atoms with Crippen LogP contribution in [0.2, 0.25) is 5.15 Å². The normalized spacial score (nSPS) is 14.7. The van der Waals surface area contributed by atoms with Gasteiger partial charge in [-0.2, -0.15) is 18.4 Å². The van der Waals surface area contributed by atoms with Crippen molar-refractivity contribution in [1.82, 2.24) is 9.88 Å². The number of hydrogen-bond donors (Lipinski definition) is 2. The number of nitriles is 1. The molecule has 174 valence electrons. The lowest BCUT2D eigenvalue weighted by Crippen LogP contribution is -2.71. The van der Waals surface area contributed by atoms with Gasteiger partial charge in [-0.15, -0.1) is 0 Å². The summed E-state index contributed by atoms with van der Waals surface area (Å²) in [7, 11) is 1.25. The van der Waals surface area contributed by atoms with E-state index in [4.69, 9.17) is 16.9 Å². The first-order chi connectivity index (χ1) is 15.3. The van der Waals surface area contributed by atoms with Gasteiger partial charge in [-0.05, 0) is 30.7 Å². The highest BCUT2D eigenvalue weighted by molar-refractivity contribution is 6.44. The maximum Gasteiger partial charge on any atom is 0.416 e. The molecule has 2 amide bonds. The molecular weight excluding hydrogens is 472 g/mol. The molecule has 0 atom stereocenters. The second kappa shape index (κ2) is 8.49. The van der Waals surface area contributed by atoms with Crippen molar-refractivity contribution in [3.8, 4) is 6.07 Å². The van der Waals surface area contributed by atoms with Crippen LogP contribution in [0.15, 0.2) is 18.2 Å². The third-order valence-electron chi connectivity index (χ3n) is 5.15. The Kier molecular flexibility index (Phi) is 6.23. The van der Waals surface area contributed by atoms with E-state index in [9.17, 15) is 31.9 Å². The molecule has 2 heterocycles. The molecule has 0 aliphatic carbocycles. The SMILES string of the molecule is Cc1c(C(=O)Nc2ccc(F)c(C#N)c2)c(Cl)n(C)c1C(=O)C(=O)NC1(C(F)(F)F)COC1. The molecule has 0 bridgehead atoms. The molecule has 1 saturated heterocycles. The molecular formula is C20H15ClF4N4O4. The molecule has 0 unspecified atom stereocenters. The molecule has 8 nitrogen and oxygen atoms in total. The maximum atomic E-state index is 13.5. The smallest absolute Gasteiger partial charge is 0.376 e. The fourth-order valence-electron chi connectivity index (χ4n) is 3.25. The molecule has 1 fully saturated rings. The summed E-state index contributed by atoms with van der Waals surface area (Å²) in [6.45, 7) is -0.379. The maximum absolute atomic E-state index is 13.5. The first-order valence-electron chi connectivity index (χ1n) is 9.20. The van der Waals surface area contributed by atoms with Gasteiger partial charge in [0, 0.05) is 12.7 Å². The number of benzene rings is 1. The Hall–Kier alpha value is -3.43. The summed E-state index contributed by atoms with van der Waals surface area (Å²) in [4.78, 5) is 37.8. The third-order valence-corrected chi connectivity index (χ3v) is 5.59. The minimum atomic E-state index is -4.84. The topological polar surface area (TPSA) is 113 Å². The van der Waals surface area contributed by atoms with Crippen LogP contribution in [0.25, 0.3) is 0 Å². The quantitative estimate of drug-likeness (QED) is 0.383. The number of nitrogens with zero attached hydrogens (tertiary/aromatic N) is 2. The van der Waals surface area contributed by atoms with Gasteiger partial charge >= 0.3 is 6.18 Å². The Morgan fingerprint density at radius 2 is 1.91 bits per heavy atom. The number of amides is 2. The number of ketones is 1. The molecule has 3 rings (SSSR count). The summed E-state index contributed by atoms with van der Waals surface area (Å²) in [6, 6.07) is 4.85. The number of alkyl halides is 3. The highest BCUT2D eigenvalue weighted by Crippen LogP contribution is 2.36. The van der Waals surface area contributed by atoms with Crippen LogP contribution >= 0.6 is 11.6 Å². The van der Waals surface area contributed by atoms with E-state index in [1.54, 1.807) is 11.4 Å². The Labute approximate surface area is 189 Å². The van der Waals surface area contributed by atoms with Crippen molar-refractivity contribution >= 4 is 34.9 Å². The van der Waals surface area contributed by atoms with Crippen LogP contribution in [0.4, 0.5) is 23.2 Å². The van der Waals surface area contributed by atoms with E-state index in [2.05, 4.69) is 10.1 Å². The lowest BCUT2D eigenvalue weighted by atomic mass is 9.96. The van der Waals surface area contributed by atoms with Crippen LogP contribution in [0.1, 0.15) is 32.0 Å². The van der Waals surface area contributed by atoms with Gasteiger partial charge in [-0.1, -0.05) is 11.6 Å². The second-order valence-corrected chi connectivity index (χ2v) is 7.67. The van der Waals surface area contributed by atoms with Gasteiger partial charge in [0.15, 0.2) is 5.54 Å². The Morgan fingerprint density at radius 3 is 2.42 bits per heavy atom. The lowest BCUT2D eigenvalue weighted by molar-refractivity contribution is -0.265. The van der Waals surface area contributed by atoms with E-state index < -0.39 is 54.0 Å². The minimum absolute atomic E-state index is 0.0555. The first kappa shape index (κ1) is 24.2. The number of carbonyl (C=O) groups excluding carboxylic acids is 3. The van der Waals surface area contributed by atoms with E-state index in [0.29, 0.717) is 0 Å². The van der Waals surface area contributed by atoms with Crippen molar-refractivity contribution in [2.24, 2.45) is 7.05 Å². The molecule has 0 spiro atoms. The zero-order chi connectivity index (χ0) is 24.7. The van der Waals surface area contributed by atoms with Gasteiger partial charge in [0.1, 0.15) is 17.0 Å². The summed E-state index contributed by atoms with van der Waals surface area (Å²) in [6.07, 6.45) is -4.84. The van der Waals surface area contributed by atoms with Crippen LogP contribution in [-0.2, 0) is 16.6 Å². The van der Waals surface area contributed by atoms with Crippen LogP contribution in [-0.4, -0.2) is 47.1 Å². The highest BCUT2D eigenvalue weighted by atomic mass is 35.5. The molecule has 2 N–H and O–H groups in total. The van der Waals surface area contributed by atoms with Crippen LogP contribution < -0.4 is 10.6 Å².